The second-order valence-electron chi connectivity index (χ2n) is 5.95. The minimum absolute atomic E-state index is 0.135. The Balaban J connectivity index is 2.16. The summed E-state index contributed by atoms with van der Waals surface area (Å²) in [6.45, 7) is 3.87. The highest BCUT2D eigenvalue weighted by molar-refractivity contribution is 7.80. The second kappa shape index (κ2) is 6.75. The highest BCUT2D eigenvalue weighted by Crippen LogP contribution is 2.21. The van der Waals surface area contributed by atoms with E-state index < -0.39 is 5.41 Å². The number of amides is 1. The first-order valence-electron chi connectivity index (χ1n) is 7.16. The quantitative estimate of drug-likeness (QED) is 0.824. The van der Waals surface area contributed by atoms with Crippen LogP contribution in [0, 0.1) is 5.41 Å². The summed E-state index contributed by atoms with van der Waals surface area (Å²) >= 11 is 4.94. The van der Waals surface area contributed by atoms with Gasteiger partial charge in [0.05, 0.1) is 5.41 Å². The molecule has 2 aromatic rings. The number of anilines is 1. The van der Waals surface area contributed by atoms with Crippen LogP contribution in [-0.4, -0.2) is 15.5 Å². The normalized spacial score (nSPS) is 11.0. The molecule has 120 valence electrons. The average Bonchev–Trinajstić information content (AvgIpc) is 2.49. The van der Waals surface area contributed by atoms with Crippen molar-refractivity contribution < 1.29 is 4.79 Å². The van der Waals surface area contributed by atoms with E-state index in [1.54, 1.807) is 56.4 Å². The molecule has 0 radical (unpaired) electrons. The van der Waals surface area contributed by atoms with Gasteiger partial charge in [-0.25, -0.2) is 0 Å². The molecule has 6 heteroatoms. The lowest BCUT2D eigenvalue weighted by atomic mass is 9.92. The number of thiocarbonyl (C=S) groups is 1. The van der Waals surface area contributed by atoms with Crippen LogP contribution in [0.3, 0.4) is 0 Å². The molecule has 23 heavy (non-hydrogen) atoms. The van der Waals surface area contributed by atoms with Crippen LogP contribution in [0.1, 0.15) is 19.4 Å². The Morgan fingerprint density at radius 2 is 2.00 bits per heavy atom. The Morgan fingerprint density at radius 3 is 2.65 bits per heavy atom. The molecule has 5 nitrogen and oxygen atoms in total. The molecular weight excluding hydrogens is 310 g/mol. The predicted molar refractivity (Wildman–Crippen MR) is 95.4 cm³/mol. The molecule has 0 bridgehead atoms. The summed E-state index contributed by atoms with van der Waals surface area (Å²) in [6.07, 6.45) is 1.67. The van der Waals surface area contributed by atoms with E-state index in [0.29, 0.717) is 11.3 Å². The predicted octanol–water partition coefficient (Wildman–Crippen LogP) is 2.15. The van der Waals surface area contributed by atoms with Gasteiger partial charge in [0.2, 0.25) is 5.91 Å². The first-order valence-corrected chi connectivity index (χ1v) is 7.57. The fraction of sp³-hybridized carbons (Fsp3) is 0.235. The Kier molecular flexibility index (Phi) is 4.95. The molecule has 2 rings (SSSR count). The Morgan fingerprint density at radius 1 is 1.26 bits per heavy atom. The standard InChI is InChI=1S/C17H19N3O2S/c1-17(2,11-20-9-4-3-8-14(20)21)16(22)19-13-7-5-6-12(10-13)15(18)23/h3-10H,11H2,1-2H3,(H2,18,23)(H,19,22). The van der Waals surface area contributed by atoms with Crippen molar-refractivity contribution in [2.45, 2.75) is 20.4 Å². The number of hydrogen-bond acceptors (Lipinski definition) is 3. The van der Waals surface area contributed by atoms with Crippen LogP contribution in [-0.2, 0) is 11.3 Å². The number of nitrogens with zero attached hydrogens (tertiary/aromatic N) is 1. The summed E-state index contributed by atoms with van der Waals surface area (Å²) in [7, 11) is 0. The first kappa shape index (κ1) is 16.9. The van der Waals surface area contributed by atoms with Gasteiger partial charge in [0.25, 0.3) is 5.56 Å². The fourth-order valence-electron chi connectivity index (χ4n) is 2.14. The van der Waals surface area contributed by atoms with Crippen LogP contribution < -0.4 is 16.6 Å². The highest BCUT2D eigenvalue weighted by atomic mass is 32.1. The number of carbonyl (C=O) groups excluding carboxylic acids is 1. The van der Waals surface area contributed by atoms with Crippen LogP contribution in [0.5, 0.6) is 0 Å². The zero-order valence-electron chi connectivity index (χ0n) is 13.1. The third kappa shape index (κ3) is 4.26. The Labute approximate surface area is 140 Å². The molecule has 1 heterocycles. The number of nitrogens with one attached hydrogen (secondary N) is 1. The monoisotopic (exact) mass is 329 g/mol. The topological polar surface area (TPSA) is 77.1 Å². The molecule has 0 saturated carbocycles. The molecule has 1 aromatic heterocycles. The molecule has 0 atom stereocenters. The van der Waals surface area contributed by atoms with Crippen molar-refractivity contribution >= 4 is 28.8 Å². The molecule has 1 aromatic carbocycles. The number of nitrogens with two attached hydrogens (primary N) is 1. The van der Waals surface area contributed by atoms with E-state index in [9.17, 15) is 9.59 Å². The maximum atomic E-state index is 12.5. The van der Waals surface area contributed by atoms with Crippen molar-refractivity contribution in [2.24, 2.45) is 11.1 Å². The fourth-order valence-corrected chi connectivity index (χ4v) is 2.27. The summed E-state index contributed by atoms with van der Waals surface area (Å²) in [5.74, 6) is -0.187. The summed E-state index contributed by atoms with van der Waals surface area (Å²) < 4.78 is 1.52. The van der Waals surface area contributed by atoms with E-state index in [1.807, 2.05) is 0 Å². The van der Waals surface area contributed by atoms with Gasteiger partial charge < -0.3 is 15.6 Å². The SMILES string of the molecule is CC(C)(Cn1ccccc1=O)C(=O)Nc1cccc(C(N)=S)c1. The number of aromatic nitrogens is 1. The van der Waals surface area contributed by atoms with Gasteiger partial charge in [-0.1, -0.05) is 30.4 Å². The van der Waals surface area contributed by atoms with Crippen LogP contribution in [0.25, 0.3) is 0 Å². The van der Waals surface area contributed by atoms with Gasteiger partial charge in [-0.2, -0.15) is 0 Å². The lowest BCUT2D eigenvalue weighted by Gasteiger charge is -2.24. The van der Waals surface area contributed by atoms with Gasteiger partial charge in [0.1, 0.15) is 4.99 Å². The molecule has 0 unspecified atom stereocenters. The highest BCUT2D eigenvalue weighted by Gasteiger charge is 2.28. The number of hydrogen-bond donors (Lipinski definition) is 2. The molecule has 0 aliphatic carbocycles. The van der Waals surface area contributed by atoms with Crippen molar-refractivity contribution in [2.75, 3.05) is 5.32 Å². The zero-order chi connectivity index (χ0) is 17.0. The van der Waals surface area contributed by atoms with Gasteiger partial charge in [0, 0.05) is 30.1 Å². The Bertz CT molecular complexity index is 796. The molecule has 0 aliphatic rings. The van der Waals surface area contributed by atoms with Gasteiger partial charge in [-0.05, 0) is 32.0 Å². The van der Waals surface area contributed by atoms with Crippen LogP contribution >= 0.6 is 12.2 Å². The van der Waals surface area contributed by atoms with Gasteiger partial charge in [0.15, 0.2) is 0 Å². The third-order valence-corrected chi connectivity index (χ3v) is 3.72. The van der Waals surface area contributed by atoms with Crippen LogP contribution in [0.4, 0.5) is 5.69 Å². The summed E-state index contributed by atoms with van der Waals surface area (Å²) in [5, 5.41) is 2.85. The van der Waals surface area contributed by atoms with Crippen molar-refractivity contribution in [3.05, 3.63) is 64.6 Å². The number of carbonyl (C=O) groups is 1. The second-order valence-corrected chi connectivity index (χ2v) is 6.39. The van der Waals surface area contributed by atoms with Crippen molar-refractivity contribution in [3.63, 3.8) is 0 Å². The van der Waals surface area contributed by atoms with E-state index >= 15 is 0 Å². The van der Waals surface area contributed by atoms with Gasteiger partial charge in [-0.3, -0.25) is 9.59 Å². The lowest BCUT2D eigenvalue weighted by Crippen LogP contribution is -2.37. The molecule has 0 aliphatic heterocycles. The summed E-state index contributed by atoms with van der Waals surface area (Å²) in [4.78, 5) is 24.6. The molecule has 3 N–H and O–H groups in total. The van der Waals surface area contributed by atoms with E-state index in [-0.39, 0.29) is 23.0 Å². The van der Waals surface area contributed by atoms with E-state index in [2.05, 4.69) is 5.32 Å². The number of pyridine rings is 1. The van der Waals surface area contributed by atoms with Crippen molar-refractivity contribution in [1.29, 1.82) is 0 Å². The molecule has 1 amide bonds. The van der Waals surface area contributed by atoms with Gasteiger partial charge >= 0.3 is 0 Å². The van der Waals surface area contributed by atoms with Crippen LogP contribution in [0.2, 0.25) is 0 Å². The first-order chi connectivity index (χ1) is 10.8. The Hall–Kier alpha value is -2.47. The largest absolute Gasteiger partial charge is 0.389 e. The molecule has 0 fully saturated rings. The maximum Gasteiger partial charge on any atom is 0.250 e. The van der Waals surface area contributed by atoms with Crippen molar-refractivity contribution in [3.8, 4) is 0 Å². The molecule has 0 saturated heterocycles. The lowest BCUT2D eigenvalue weighted by molar-refractivity contribution is -0.124. The minimum Gasteiger partial charge on any atom is -0.389 e. The third-order valence-electron chi connectivity index (χ3n) is 3.48. The zero-order valence-corrected chi connectivity index (χ0v) is 13.9. The summed E-state index contributed by atoms with van der Waals surface area (Å²) in [5.41, 5.74) is 6.01. The van der Waals surface area contributed by atoms with Gasteiger partial charge in [-0.15, -0.1) is 0 Å². The number of rotatable bonds is 5. The minimum atomic E-state index is -0.760. The van der Waals surface area contributed by atoms with E-state index in [0.717, 1.165) is 0 Å². The van der Waals surface area contributed by atoms with E-state index in [1.165, 1.54) is 10.6 Å². The van der Waals surface area contributed by atoms with E-state index in [4.69, 9.17) is 18.0 Å². The average molecular weight is 329 g/mol. The number of benzene rings is 1. The van der Waals surface area contributed by atoms with Crippen molar-refractivity contribution in [1.82, 2.24) is 4.57 Å². The molecule has 0 spiro atoms. The van der Waals surface area contributed by atoms with Crippen LogP contribution in [0.15, 0.2) is 53.5 Å². The smallest absolute Gasteiger partial charge is 0.250 e. The molecular formula is C17H19N3O2S. The maximum absolute atomic E-state index is 12.5. The summed E-state index contributed by atoms with van der Waals surface area (Å²) in [6, 6.07) is 12.0.